The molecule has 0 unspecified atom stereocenters. The summed E-state index contributed by atoms with van der Waals surface area (Å²) in [6.07, 6.45) is -0.456. The van der Waals surface area contributed by atoms with Crippen molar-refractivity contribution in [2.24, 2.45) is 0 Å². The van der Waals surface area contributed by atoms with Crippen molar-refractivity contribution in [3.63, 3.8) is 0 Å². The van der Waals surface area contributed by atoms with E-state index in [1.165, 1.54) is 0 Å². The van der Waals surface area contributed by atoms with E-state index in [4.69, 9.17) is 61.6 Å². The minimum Gasteiger partial charge on any atom is -0.460 e. The van der Waals surface area contributed by atoms with Gasteiger partial charge in [-0.1, -0.05) is 18.2 Å². The van der Waals surface area contributed by atoms with Gasteiger partial charge in [0.15, 0.2) is 0 Å². The Kier molecular flexibility index (Phi) is 32.5. The van der Waals surface area contributed by atoms with Crippen LogP contribution in [-0.4, -0.2) is 176 Å². The highest BCUT2D eigenvalue weighted by Crippen LogP contribution is 2.06. The van der Waals surface area contributed by atoms with E-state index in [2.05, 4.69) is 5.32 Å². The molecule has 0 aliphatic carbocycles. The molecule has 1 N–H and O–H groups in total. The van der Waals surface area contributed by atoms with Crippen LogP contribution in [-0.2, 0) is 61.6 Å². The Balaban J connectivity index is 1.64. The van der Waals surface area contributed by atoms with Gasteiger partial charge in [-0.05, 0) is 32.9 Å². The van der Waals surface area contributed by atoms with E-state index < -0.39 is 11.7 Å². The average Bonchev–Trinajstić information content (AvgIpc) is 3.12. The molecule has 1 aromatic carbocycles. The molecule has 0 saturated carbocycles. The Morgan fingerprint density at radius 3 is 1.04 bits per heavy atom. The van der Waals surface area contributed by atoms with E-state index in [0.29, 0.717) is 157 Å². The van der Waals surface area contributed by atoms with Crippen LogP contribution in [0, 0.1) is 0 Å². The first-order valence-electron chi connectivity index (χ1n) is 17.9. The summed E-state index contributed by atoms with van der Waals surface area (Å²) in [6.45, 7) is 16.1. The van der Waals surface area contributed by atoms with Crippen LogP contribution in [0.25, 0.3) is 0 Å². The fraction of sp³-hybridized carbons (Fsp3) is 0.778. The van der Waals surface area contributed by atoms with Gasteiger partial charge in [-0.15, -0.1) is 0 Å². The molecule has 1 amide bonds. The Hall–Kier alpha value is -2.48. The fourth-order valence-electron chi connectivity index (χ4n) is 3.69. The summed E-state index contributed by atoms with van der Waals surface area (Å²) in [4.78, 5) is 23.3. The lowest BCUT2D eigenvalue weighted by atomic mass is 10.2. The van der Waals surface area contributed by atoms with Gasteiger partial charge >= 0.3 is 12.1 Å². The molecule has 0 spiro atoms. The summed E-state index contributed by atoms with van der Waals surface area (Å²) in [5.74, 6) is -0.361. The van der Waals surface area contributed by atoms with Crippen molar-refractivity contribution in [2.45, 2.75) is 26.4 Å². The van der Waals surface area contributed by atoms with Crippen molar-refractivity contribution in [3.8, 4) is 0 Å². The molecule has 1 aromatic rings. The van der Waals surface area contributed by atoms with Gasteiger partial charge in [0.2, 0.25) is 0 Å². The first kappa shape index (κ1) is 47.5. The lowest BCUT2D eigenvalue weighted by molar-refractivity contribution is -0.0280. The maximum Gasteiger partial charge on any atom is 0.407 e. The maximum absolute atomic E-state index is 11.8. The number of hydrogen-bond donors (Lipinski definition) is 1. The molecule has 0 aliphatic heterocycles. The van der Waals surface area contributed by atoms with Crippen LogP contribution in [0.4, 0.5) is 4.79 Å². The Labute approximate surface area is 309 Å². The molecule has 1 rings (SSSR count). The third-order valence-electron chi connectivity index (χ3n) is 6.11. The number of carbonyl (C=O) groups is 2. The molecule has 0 aromatic heterocycles. The summed E-state index contributed by atoms with van der Waals surface area (Å²) in [6, 6.07) is 8.84. The third kappa shape index (κ3) is 34.6. The van der Waals surface area contributed by atoms with Crippen molar-refractivity contribution in [1.82, 2.24) is 5.32 Å². The standard InChI is InChI=1S/C36H63NO15/c1-36(2,3)52-35(39)37-9-10-40-11-12-41-13-14-42-15-16-43-17-18-44-19-20-45-21-22-46-23-24-47-25-26-48-27-28-49-29-30-50-31-32-51-34(38)33-7-5-4-6-8-33/h4-8H,9-32H2,1-3H3,(H,37,39). The minimum absolute atomic E-state index is 0.196. The van der Waals surface area contributed by atoms with Gasteiger partial charge in [0.05, 0.1) is 151 Å². The quantitative estimate of drug-likeness (QED) is 0.0779. The summed E-state index contributed by atoms with van der Waals surface area (Å²) in [7, 11) is 0. The Morgan fingerprint density at radius 1 is 0.442 bits per heavy atom. The smallest absolute Gasteiger partial charge is 0.407 e. The molecule has 0 saturated heterocycles. The summed E-state index contributed by atoms with van der Waals surface area (Å²) < 4.78 is 70.2. The van der Waals surface area contributed by atoms with E-state index in [0.717, 1.165) is 0 Å². The highest BCUT2D eigenvalue weighted by molar-refractivity contribution is 5.89. The number of carbonyl (C=O) groups excluding carboxylic acids is 2. The molecule has 0 atom stereocenters. The largest absolute Gasteiger partial charge is 0.460 e. The predicted molar refractivity (Wildman–Crippen MR) is 190 cm³/mol. The second-order valence-electron chi connectivity index (χ2n) is 11.7. The number of hydrogen-bond acceptors (Lipinski definition) is 15. The van der Waals surface area contributed by atoms with Crippen molar-refractivity contribution < 1.29 is 71.2 Å². The first-order chi connectivity index (χ1) is 25.4. The van der Waals surface area contributed by atoms with Crippen molar-refractivity contribution in [1.29, 1.82) is 0 Å². The number of nitrogens with one attached hydrogen (secondary N) is 1. The second kappa shape index (κ2) is 35.5. The zero-order valence-electron chi connectivity index (χ0n) is 31.5. The van der Waals surface area contributed by atoms with Gasteiger partial charge in [-0.2, -0.15) is 0 Å². The van der Waals surface area contributed by atoms with Gasteiger partial charge in [-0.3, -0.25) is 0 Å². The third-order valence-corrected chi connectivity index (χ3v) is 6.11. The van der Waals surface area contributed by atoms with Crippen molar-refractivity contribution in [3.05, 3.63) is 35.9 Å². The van der Waals surface area contributed by atoms with Gasteiger partial charge in [0, 0.05) is 6.54 Å². The molecule has 0 fully saturated rings. The molecular formula is C36H63NO15. The zero-order chi connectivity index (χ0) is 37.6. The van der Waals surface area contributed by atoms with E-state index >= 15 is 0 Å². The molecule has 0 radical (unpaired) electrons. The lowest BCUT2D eigenvalue weighted by Gasteiger charge is -2.19. The molecule has 302 valence electrons. The number of ether oxygens (including phenoxy) is 13. The number of amides is 1. The van der Waals surface area contributed by atoms with Crippen LogP contribution in [0.2, 0.25) is 0 Å². The average molecular weight is 750 g/mol. The molecule has 0 aliphatic rings. The zero-order valence-corrected chi connectivity index (χ0v) is 31.5. The highest BCUT2D eigenvalue weighted by atomic mass is 16.6. The number of alkyl carbamates (subject to hydrolysis) is 1. The topological polar surface area (TPSA) is 166 Å². The highest BCUT2D eigenvalue weighted by Gasteiger charge is 2.15. The Bertz CT molecular complexity index is 936. The monoisotopic (exact) mass is 749 g/mol. The van der Waals surface area contributed by atoms with E-state index in [1.54, 1.807) is 24.3 Å². The van der Waals surface area contributed by atoms with Gasteiger partial charge in [-0.25, -0.2) is 9.59 Å². The molecule has 0 bridgehead atoms. The van der Waals surface area contributed by atoms with Crippen molar-refractivity contribution >= 4 is 12.1 Å². The SMILES string of the molecule is CC(C)(C)OC(=O)NCCOCCOCCOCCOCCOCCOCCOCCOCCOCCOCCOCCOC(=O)c1ccccc1. The van der Waals surface area contributed by atoms with Crippen LogP contribution in [0.3, 0.4) is 0 Å². The van der Waals surface area contributed by atoms with Crippen LogP contribution >= 0.6 is 0 Å². The normalized spacial score (nSPS) is 11.5. The molecule has 0 heterocycles. The van der Waals surface area contributed by atoms with E-state index in [1.807, 2.05) is 26.8 Å². The summed E-state index contributed by atoms with van der Waals surface area (Å²) in [5.41, 5.74) is 0.00504. The van der Waals surface area contributed by atoms with Gasteiger partial charge in [0.1, 0.15) is 12.2 Å². The van der Waals surface area contributed by atoms with Crippen LogP contribution in [0.1, 0.15) is 31.1 Å². The Morgan fingerprint density at radius 2 is 0.731 bits per heavy atom. The lowest BCUT2D eigenvalue weighted by Crippen LogP contribution is -2.34. The number of esters is 1. The predicted octanol–water partition coefficient (Wildman–Crippen LogP) is 2.55. The fourth-order valence-corrected chi connectivity index (χ4v) is 3.69. The first-order valence-corrected chi connectivity index (χ1v) is 17.9. The molecule has 16 heteroatoms. The van der Waals surface area contributed by atoms with Gasteiger partial charge < -0.3 is 66.9 Å². The van der Waals surface area contributed by atoms with E-state index in [-0.39, 0.29) is 12.6 Å². The van der Waals surface area contributed by atoms with Crippen LogP contribution in [0.15, 0.2) is 30.3 Å². The minimum atomic E-state index is -0.516. The molecular weight excluding hydrogens is 686 g/mol. The van der Waals surface area contributed by atoms with Gasteiger partial charge in [0.25, 0.3) is 0 Å². The van der Waals surface area contributed by atoms with E-state index in [9.17, 15) is 9.59 Å². The van der Waals surface area contributed by atoms with Crippen LogP contribution in [0.5, 0.6) is 0 Å². The van der Waals surface area contributed by atoms with Crippen molar-refractivity contribution in [2.75, 3.05) is 159 Å². The summed E-state index contributed by atoms with van der Waals surface area (Å²) in [5, 5.41) is 2.63. The molecule has 52 heavy (non-hydrogen) atoms. The second-order valence-corrected chi connectivity index (χ2v) is 11.7. The number of benzene rings is 1. The summed E-state index contributed by atoms with van der Waals surface area (Å²) >= 11 is 0. The maximum atomic E-state index is 11.8. The van der Waals surface area contributed by atoms with Crippen LogP contribution < -0.4 is 5.32 Å². The molecule has 16 nitrogen and oxygen atoms in total. The number of rotatable bonds is 37.